The molecule has 3 rings (SSSR count). The number of hydrogen-bond acceptors (Lipinski definition) is 4. The highest BCUT2D eigenvalue weighted by Gasteiger charge is 2.24. The number of carbonyl (C=O) groups is 2. The van der Waals surface area contributed by atoms with Crippen LogP contribution in [0.2, 0.25) is 0 Å². The first kappa shape index (κ1) is 32.1. The van der Waals surface area contributed by atoms with Crippen LogP contribution in [0.1, 0.15) is 71.4 Å². The van der Waals surface area contributed by atoms with E-state index < -0.39 is 12.1 Å². The van der Waals surface area contributed by atoms with Gasteiger partial charge in [0.05, 0.1) is 12.7 Å². The Morgan fingerprint density at radius 2 is 1.57 bits per heavy atom. The molecule has 0 bridgehead atoms. The minimum absolute atomic E-state index is 0.0151. The first-order valence-corrected chi connectivity index (χ1v) is 13.4. The van der Waals surface area contributed by atoms with Crippen molar-refractivity contribution in [2.75, 3.05) is 19.7 Å². The molecular formula is C30H45FN2O4. The number of rotatable bonds is 9. The Hall–Kier alpha value is -2.93. The summed E-state index contributed by atoms with van der Waals surface area (Å²) in [5.41, 5.74) is 1.71. The summed E-state index contributed by atoms with van der Waals surface area (Å²) in [6.07, 6.45) is 2.81. The number of hydrogen-bond donors (Lipinski definition) is 1. The van der Waals surface area contributed by atoms with Crippen molar-refractivity contribution in [3.63, 3.8) is 0 Å². The normalized spacial score (nSPS) is 13.1. The second kappa shape index (κ2) is 19.2. The minimum Gasteiger partial charge on any atom is -0.447 e. The zero-order valence-corrected chi connectivity index (χ0v) is 23.2. The van der Waals surface area contributed by atoms with Gasteiger partial charge in [-0.25, -0.2) is 9.18 Å². The van der Waals surface area contributed by atoms with Gasteiger partial charge in [-0.1, -0.05) is 68.8 Å². The molecule has 1 N–H and O–H groups in total. The molecule has 2 amide bonds. The van der Waals surface area contributed by atoms with Crippen molar-refractivity contribution in [2.24, 2.45) is 0 Å². The van der Waals surface area contributed by atoms with Crippen LogP contribution in [0.25, 0.3) is 0 Å². The molecule has 1 aliphatic rings. The first-order valence-electron chi connectivity index (χ1n) is 13.4. The van der Waals surface area contributed by atoms with E-state index in [0.29, 0.717) is 5.56 Å². The summed E-state index contributed by atoms with van der Waals surface area (Å²) in [6.45, 7) is 12.8. The maximum Gasteiger partial charge on any atom is 0.407 e. The van der Waals surface area contributed by atoms with Crippen LogP contribution < -0.4 is 5.32 Å². The van der Waals surface area contributed by atoms with Gasteiger partial charge in [0.25, 0.3) is 0 Å². The van der Waals surface area contributed by atoms with E-state index in [9.17, 15) is 14.0 Å². The molecule has 0 spiro atoms. The molecule has 1 unspecified atom stereocenters. The summed E-state index contributed by atoms with van der Waals surface area (Å²) in [5, 5.41) is 2.70. The molecule has 0 radical (unpaired) electrons. The van der Waals surface area contributed by atoms with Crippen LogP contribution in [-0.2, 0) is 27.3 Å². The SMILES string of the molecule is CC(C)OC(=O)NC(CC(=O)N1CCCC1)Cc1ccccc1F.CCC.CCOCc1ccccc1. The van der Waals surface area contributed by atoms with Gasteiger partial charge in [0.15, 0.2) is 0 Å². The quantitative estimate of drug-likeness (QED) is 0.412. The third-order valence-electron chi connectivity index (χ3n) is 5.28. The third-order valence-corrected chi connectivity index (χ3v) is 5.28. The van der Waals surface area contributed by atoms with Crippen molar-refractivity contribution in [1.82, 2.24) is 10.2 Å². The molecule has 1 saturated heterocycles. The monoisotopic (exact) mass is 516 g/mol. The van der Waals surface area contributed by atoms with Gasteiger partial charge in [0.2, 0.25) is 5.91 Å². The Labute approximate surface area is 222 Å². The van der Waals surface area contributed by atoms with Crippen molar-refractivity contribution in [1.29, 1.82) is 0 Å². The van der Waals surface area contributed by atoms with Gasteiger partial charge < -0.3 is 19.7 Å². The van der Waals surface area contributed by atoms with Gasteiger partial charge >= 0.3 is 6.09 Å². The molecule has 6 nitrogen and oxygen atoms in total. The van der Waals surface area contributed by atoms with E-state index in [1.807, 2.05) is 25.1 Å². The van der Waals surface area contributed by atoms with Crippen LogP contribution in [0.4, 0.5) is 9.18 Å². The van der Waals surface area contributed by atoms with E-state index in [-0.39, 0.29) is 30.7 Å². The smallest absolute Gasteiger partial charge is 0.407 e. The number of nitrogens with one attached hydrogen (secondary N) is 1. The number of ether oxygens (including phenoxy) is 2. The van der Waals surface area contributed by atoms with Crippen LogP contribution in [0.5, 0.6) is 0 Å². The molecule has 1 heterocycles. The molecule has 206 valence electrons. The Morgan fingerprint density at radius 1 is 0.973 bits per heavy atom. The highest BCUT2D eigenvalue weighted by atomic mass is 19.1. The molecule has 7 heteroatoms. The van der Waals surface area contributed by atoms with E-state index in [4.69, 9.17) is 9.47 Å². The maximum atomic E-state index is 13.9. The van der Waals surface area contributed by atoms with E-state index in [0.717, 1.165) is 39.1 Å². The summed E-state index contributed by atoms with van der Waals surface area (Å²) < 4.78 is 24.2. The molecule has 1 fully saturated rings. The summed E-state index contributed by atoms with van der Waals surface area (Å²) in [5.74, 6) is -0.353. The standard InChI is InChI=1S/C18H25FN2O3.C9H12O.C3H8/c1-13(2)24-18(23)20-15(11-14-7-3-4-8-16(14)19)12-17(22)21-9-5-6-10-21;1-2-10-8-9-6-4-3-5-7-9;1-3-2/h3-4,7-8,13,15H,5-6,9-12H2,1-2H3,(H,20,23);3-7H,2,8H2,1H3;3H2,1-2H3. The van der Waals surface area contributed by atoms with E-state index in [1.165, 1.54) is 18.1 Å². The number of nitrogens with zero attached hydrogens (tertiary/aromatic N) is 1. The van der Waals surface area contributed by atoms with Gasteiger partial charge in [-0.3, -0.25) is 4.79 Å². The molecule has 0 aliphatic carbocycles. The summed E-state index contributed by atoms with van der Waals surface area (Å²) >= 11 is 0. The third kappa shape index (κ3) is 14.4. The lowest BCUT2D eigenvalue weighted by molar-refractivity contribution is -0.130. The van der Waals surface area contributed by atoms with Crippen LogP contribution in [0, 0.1) is 5.82 Å². The highest BCUT2D eigenvalue weighted by Crippen LogP contribution is 2.15. The minimum atomic E-state index is -0.583. The van der Waals surface area contributed by atoms with Gasteiger partial charge in [-0.2, -0.15) is 0 Å². The average molecular weight is 517 g/mol. The molecular weight excluding hydrogens is 471 g/mol. The summed E-state index contributed by atoms with van der Waals surface area (Å²) in [4.78, 5) is 26.1. The first-order chi connectivity index (χ1) is 17.8. The number of amides is 2. The predicted molar refractivity (Wildman–Crippen MR) is 147 cm³/mol. The number of likely N-dealkylation sites (tertiary alicyclic amines) is 1. The van der Waals surface area contributed by atoms with Gasteiger partial charge in [-0.05, 0) is 57.2 Å². The van der Waals surface area contributed by atoms with Gasteiger partial charge in [-0.15, -0.1) is 0 Å². The van der Waals surface area contributed by atoms with Crippen molar-refractivity contribution in [3.05, 3.63) is 71.5 Å². The second-order valence-electron chi connectivity index (χ2n) is 9.21. The Kier molecular flexibility index (Phi) is 16.7. The molecule has 0 saturated carbocycles. The van der Waals surface area contributed by atoms with Crippen molar-refractivity contribution < 1.29 is 23.5 Å². The van der Waals surface area contributed by atoms with Gasteiger partial charge in [0.1, 0.15) is 5.82 Å². The average Bonchev–Trinajstić information content (AvgIpc) is 3.40. The lowest BCUT2D eigenvalue weighted by Gasteiger charge is -2.22. The maximum absolute atomic E-state index is 13.9. The van der Waals surface area contributed by atoms with Crippen molar-refractivity contribution in [3.8, 4) is 0 Å². The van der Waals surface area contributed by atoms with E-state index in [2.05, 4.69) is 31.3 Å². The number of alkyl carbamates (subject to hydrolysis) is 1. The zero-order valence-electron chi connectivity index (χ0n) is 23.2. The van der Waals surface area contributed by atoms with Crippen molar-refractivity contribution >= 4 is 12.0 Å². The zero-order chi connectivity index (χ0) is 27.5. The largest absolute Gasteiger partial charge is 0.447 e. The lowest BCUT2D eigenvalue weighted by Crippen LogP contribution is -2.42. The predicted octanol–water partition coefficient (Wildman–Crippen LogP) is 6.52. The number of halogens is 1. The topological polar surface area (TPSA) is 67.9 Å². The fourth-order valence-electron chi connectivity index (χ4n) is 3.62. The Balaban J connectivity index is 0.000000435. The lowest BCUT2D eigenvalue weighted by atomic mass is 10.0. The molecule has 1 aliphatic heterocycles. The van der Waals surface area contributed by atoms with Crippen LogP contribution in [0.3, 0.4) is 0 Å². The highest BCUT2D eigenvalue weighted by molar-refractivity contribution is 5.78. The fraction of sp³-hybridized carbons (Fsp3) is 0.533. The van der Waals surface area contributed by atoms with Crippen molar-refractivity contribution in [2.45, 2.75) is 85.5 Å². The fourth-order valence-corrected chi connectivity index (χ4v) is 3.62. The molecule has 2 aromatic carbocycles. The summed E-state index contributed by atoms with van der Waals surface area (Å²) in [6, 6.07) is 16.1. The van der Waals surface area contributed by atoms with Crippen LogP contribution >= 0.6 is 0 Å². The molecule has 1 atom stereocenters. The van der Waals surface area contributed by atoms with Gasteiger partial charge in [0, 0.05) is 32.2 Å². The molecule has 37 heavy (non-hydrogen) atoms. The Morgan fingerprint density at radius 3 is 2.14 bits per heavy atom. The number of benzene rings is 2. The molecule has 0 aromatic heterocycles. The van der Waals surface area contributed by atoms with E-state index >= 15 is 0 Å². The molecule has 2 aromatic rings. The van der Waals surface area contributed by atoms with Crippen LogP contribution in [0.15, 0.2) is 54.6 Å². The summed E-state index contributed by atoms with van der Waals surface area (Å²) in [7, 11) is 0. The van der Waals surface area contributed by atoms with E-state index in [1.54, 1.807) is 36.9 Å². The van der Waals surface area contributed by atoms with Crippen LogP contribution in [-0.4, -0.2) is 48.7 Å². The number of carbonyl (C=O) groups excluding carboxylic acids is 2. The Bertz CT molecular complexity index is 886. The second-order valence-corrected chi connectivity index (χ2v) is 9.21.